The zero-order valence-electron chi connectivity index (χ0n) is 48.1. The van der Waals surface area contributed by atoms with E-state index in [2.05, 4.69) is 123 Å². The van der Waals surface area contributed by atoms with Crippen molar-refractivity contribution >= 4 is 0 Å². The van der Waals surface area contributed by atoms with E-state index in [0.717, 1.165) is 45.9 Å². The molecule has 64 heavy (non-hydrogen) atoms. The van der Waals surface area contributed by atoms with Gasteiger partial charge in [0.1, 0.15) is 6.61 Å². The molecular formula is C55H116O9. The SMILES string of the molecule is C#CCCOC(C)(C)C.C#CCOC(C)(C)C.CCCCOC(C)(C)C.CCCCOC(C)(C)C.CCCOC(C)(C)C.CCCOCCOCCOC(C)(C)C.CCOC(C)(C)C. The molecule has 0 saturated carbocycles. The second-order valence-corrected chi connectivity index (χ2v) is 21.8. The van der Waals surface area contributed by atoms with Crippen LogP contribution in [0.25, 0.3) is 0 Å². The van der Waals surface area contributed by atoms with Gasteiger partial charge in [-0.3, -0.25) is 0 Å². The first-order chi connectivity index (χ1) is 28.9. The second-order valence-electron chi connectivity index (χ2n) is 21.8. The Hall–Kier alpha value is -1.24. The van der Waals surface area contributed by atoms with Gasteiger partial charge in [0, 0.05) is 39.5 Å². The Kier molecular flexibility index (Phi) is 56.4. The second kappa shape index (κ2) is 46.9. The van der Waals surface area contributed by atoms with Crippen molar-refractivity contribution in [3.63, 3.8) is 0 Å². The van der Waals surface area contributed by atoms with E-state index in [0.29, 0.717) is 46.1 Å². The molecule has 0 N–H and O–H groups in total. The third kappa shape index (κ3) is 124. The molecule has 0 aromatic heterocycles. The number of ether oxygens (including phenoxy) is 9. The fourth-order valence-corrected chi connectivity index (χ4v) is 3.43. The molecular weight excluding hydrogens is 805 g/mol. The first-order valence-electron chi connectivity index (χ1n) is 24.4. The summed E-state index contributed by atoms with van der Waals surface area (Å²) in [5, 5.41) is 0. The van der Waals surface area contributed by atoms with Gasteiger partial charge in [-0.15, -0.1) is 18.8 Å². The third-order valence-corrected chi connectivity index (χ3v) is 6.24. The van der Waals surface area contributed by atoms with Crippen LogP contribution in [0.2, 0.25) is 0 Å². The quantitative estimate of drug-likeness (QED) is 0.0876. The highest BCUT2D eigenvalue weighted by Gasteiger charge is 2.11. The van der Waals surface area contributed by atoms with Crippen LogP contribution in [0.15, 0.2) is 0 Å². The van der Waals surface area contributed by atoms with Crippen LogP contribution in [0.5, 0.6) is 0 Å². The lowest BCUT2D eigenvalue weighted by Crippen LogP contribution is -2.22. The van der Waals surface area contributed by atoms with Crippen LogP contribution in [-0.2, 0) is 42.6 Å². The molecule has 0 rings (SSSR count). The molecule has 0 unspecified atom stereocenters. The van der Waals surface area contributed by atoms with E-state index in [1.54, 1.807) is 0 Å². The van der Waals surface area contributed by atoms with Gasteiger partial charge in [-0.2, -0.15) is 0 Å². The van der Waals surface area contributed by atoms with E-state index in [1.165, 1.54) is 25.7 Å². The molecule has 0 aromatic carbocycles. The summed E-state index contributed by atoms with van der Waals surface area (Å²) in [4.78, 5) is 0. The Labute approximate surface area is 403 Å². The van der Waals surface area contributed by atoms with Crippen LogP contribution in [0.3, 0.4) is 0 Å². The normalized spacial score (nSPS) is 11.7. The number of terminal acetylenes is 2. The number of hydrogen-bond acceptors (Lipinski definition) is 9. The monoisotopic (exact) mass is 921 g/mol. The maximum atomic E-state index is 5.49. The Morgan fingerprint density at radius 2 is 0.594 bits per heavy atom. The molecule has 0 atom stereocenters. The van der Waals surface area contributed by atoms with E-state index in [1.807, 2.05) is 69.2 Å². The zero-order chi connectivity index (χ0) is 52.0. The molecule has 0 aromatic rings. The first-order valence-corrected chi connectivity index (χ1v) is 24.4. The van der Waals surface area contributed by atoms with Crippen molar-refractivity contribution in [2.24, 2.45) is 0 Å². The van der Waals surface area contributed by atoms with Crippen LogP contribution >= 0.6 is 0 Å². The van der Waals surface area contributed by atoms with E-state index >= 15 is 0 Å². The summed E-state index contributed by atoms with van der Waals surface area (Å²) >= 11 is 0. The molecule has 9 nitrogen and oxygen atoms in total. The number of rotatable bonds is 20. The van der Waals surface area contributed by atoms with Gasteiger partial charge in [-0.25, -0.2) is 0 Å². The Balaban J connectivity index is -0.000000120. The van der Waals surface area contributed by atoms with Crippen LogP contribution in [-0.4, -0.2) is 112 Å². The van der Waals surface area contributed by atoms with Crippen molar-refractivity contribution < 1.29 is 42.6 Å². The van der Waals surface area contributed by atoms with Crippen molar-refractivity contribution in [1.82, 2.24) is 0 Å². The minimum Gasteiger partial charge on any atom is -0.379 e. The number of unbranched alkanes of at least 4 members (excludes halogenated alkanes) is 2. The summed E-state index contributed by atoms with van der Waals surface area (Å²) in [5.74, 6) is 4.92. The van der Waals surface area contributed by atoms with Crippen molar-refractivity contribution in [2.75, 3.05) is 72.7 Å². The molecule has 0 bridgehead atoms. The highest BCUT2D eigenvalue weighted by molar-refractivity contribution is 4.84. The van der Waals surface area contributed by atoms with Crippen LogP contribution < -0.4 is 0 Å². The predicted molar refractivity (Wildman–Crippen MR) is 280 cm³/mol. The molecule has 0 fully saturated rings. The lowest BCUT2D eigenvalue weighted by molar-refractivity contribution is -0.0424. The highest BCUT2D eigenvalue weighted by Crippen LogP contribution is 2.10. The molecule has 0 aliphatic rings. The van der Waals surface area contributed by atoms with Gasteiger partial charge in [0.25, 0.3) is 0 Å². The van der Waals surface area contributed by atoms with Gasteiger partial charge in [0.2, 0.25) is 0 Å². The van der Waals surface area contributed by atoms with Crippen LogP contribution in [0, 0.1) is 24.7 Å². The first kappa shape index (κ1) is 77.0. The van der Waals surface area contributed by atoms with Gasteiger partial charge in [-0.05, 0) is 178 Å². The average Bonchev–Trinajstić information content (AvgIpc) is 3.10. The minimum absolute atomic E-state index is 0.0448. The van der Waals surface area contributed by atoms with Gasteiger partial charge in [-0.1, -0.05) is 46.5 Å². The van der Waals surface area contributed by atoms with Crippen molar-refractivity contribution in [2.45, 2.75) is 264 Å². The molecule has 0 aliphatic carbocycles. The lowest BCUT2D eigenvalue weighted by Gasteiger charge is -2.19. The van der Waals surface area contributed by atoms with Crippen molar-refractivity contribution in [1.29, 1.82) is 0 Å². The maximum Gasteiger partial charge on any atom is 0.108 e. The summed E-state index contributed by atoms with van der Waals surface area (Å²) < 4.78 is 48.1. The molecule has 0 amide bonds. The van der Waals surface area contributed by atoms with Gasteiger partial charge < -0.3 is 42.6 Å². The van der Waals surface area contributed by atoms with E-state index < -0.39 is 0 Å². The fraction of sp³-hybridized carbons (Fsp3) is 0.927. The molecule has 0 spiro atoms. The van der Waals surface area contributed by atoms with Crippen molar-refractivity contribution in [3.05, 3.63) is 0 Å². The molecule has 0 aliphatic heterocycles. The Bertz CT molecular complexity index is 959. The Morgan fingerprint density at radius 1 is 0.297 bits per heavy atom. The summed E-state index contributed by atoms with van der Waals surface area (Å²) in [6.07, 6.45) is 17.7. The van der Waals surface area contributed by atoms with Crippen LogP contribution in [0.1, 0.15) is 225 Å². The fourth-order valence-electron chi connectivity index (χ4n) is 3.43. The largest absolute Gasteiger partial charge is 0.379 e. The lowest BCUT2D eigenvalue weighted by atomic mass is 10.2. The zero-order valence-corrected chi connectivity index (χ0v) is 48.1. The van der Waals surface area contributed by atoms with Gasteiger partial charge in [0.15, 0.2) is 0 Å². The van der Waals surface area contributed by atoms with E-state index in [-0.39, 0.29) is 39.2 Å². The molecule has 390 valence electrons. The smallest absolute Gasteiger partial charge is 0.108 e. The molecule has 0 saturated heterocycles. The topological polar surface area (TPSA) is 83.1 Å². The summed E-state index contributed by atoms with van der Waals surface area (Å²) in [6.45, 7) is 61.6. The summed E-state index contributed by atoms with van der Waals surface area (Å²) in [5.41, 5.74) is 0.000387. The highest BCUT2D eigenvalue weighted by atomic mass is 16.6. The average molecular weight is 922 g/mol. The number of hydrogen-bond donors (Lipinski definition) is 0. The molecule has 0 heterocycles. The van der Waals surface area contributed by atoms with E-state index in [4.69, 9.17) is 55.5 Å². The Morgan fingerprint density at radius 3 is 0.828 bits per heavy atom. The third-order valence-electron chi connectivity index (χ3n) is 6.24. The maximum absolute atomic E-state index is 5.49. The standard InChI is InChI=1S/C11H24O3.2C8H18O.C8H14O.C7H16O.C7H12O.C6H14O/c1-5-6-12-7-8-13-9-10-14-11(2,3)4;3*1-5-6-7-9-8(2,3)4;2*1-5-6-8-7(2,3)4;1-5-7-6(2,3)4/h5-10H2,1-4H3;2*5-7H2,1-4H3;1H,6-7H2,2-4H3;5-6H2,1-4H3;1H,6H2,2-4H3;5H2,1-4H3. The van der Waals surface area contributed by atoms with Gasteiger partial charge in [0.05, 0.1) is 72.2 Å². The summed E-state index contributed by atoms with van der Waals surface area (Å²) in [7, 11) is 0. The summed E-state index contributed by atoms with van der Waals surface area (Å²) in [6, 6.07) is 0. The predicted octanol–water partition coefficient (Wildman–Crippen LogP) is 14.7. The minimum atomic E-state index is -0.0909. The molecule has 0 radical (unpaired) electrons. The van der Waals surface area contributed by atoms with Gasteiger partial charge >= 0.3 is 0 Å². The van der Waals surface area contributed by atoms with E-state index in [9.17, 15) is 0 Å². The van der Waals surface area contributed by atoms with Crippen LogP contribution in [0.4, 0.5) is 0 Å². The van der Waals surface area contributed by atoms with Crippen molar-refractivity contribution in [3.8, 4) is 24.7 Å². The molecule has 9 heteroatoms.